The van der Waals surface area contributed by atoms with Crippen molar-refractivity contribution >= 4 is 34.7 Å². The number of carbonyl (C=O) groups is 1. The third-order valence-electron chi connectivity index (χ3n) is 5.69. The van der Waals surface area contributed by atoms with Crippen LogP contribution in [-0.4, -0.2) is 43.4 Å². The molecule has 162 valence electrons. The molecule has 2 aromatic heterocycles. The lowest BCUT2D eigenvalue weighted by Crippen LogP contribution is -2.30. The molecule has 4 aromatic rings. The summed E-state index contributed by atoms with van der Waals surface area (Å²) in [4.78, 5) is 19.5. The van der Waals surface area contributed by atoms with Crippen LogP contribution in [0.2, 0.25) is 0 Å². The number of anilines is 1. The van der Waals surface area contributed by atoms with Gasteiger partial charge < -0.3 is 4.90 Å². The first kappa shape index (κ1) is 20.8. The number of nitrogens with zero attached hydrogens (tertiary/aromatic N) is 6. The predicted octanol–water partition coefficient (Wildman–Crippen LogP) is 4.39. The van der Waals surface area contributed by atoms with Gasteiger partial charge in [-0.05, 0) is 78.6 Å². The minimum absolute atomic E-state index is 0.0561. The van der Waals surface area contributed by atoms with E-state index in [2.05, 4.69) is 51.9 Å². The highest BCUT2D eigenvalue weighted by Crippen LogP contribution is 2.33. The second-order valence-electron chi connectivity index (χ2n) is 7.82. The molecule has 0 saturated heterocycles. The number of fused-ring (bicyclic) bond motifs is 1. The monoisotopic (exact) mass is 462 g/mol. The number of tetrazole rings is 1. The number of aromatic nitrogens is 5. The maximum Gasteiger partial charge on any atom is 0.237 e. The molecule has 1 aliphatic heterocycles. The standard InChI is InChI=1S/C23H22N6OS2/c1-14-4-6-19(10-15(14)2)29-23(25-26-27-29)32-13-22(30)28-9-8-18-11-17(5-7-21(18)28)20-12-31-16(3)24-20/h4-7,10-12H,8-9,13H2,1-3H3. The van der Waals surface area contributed by atoms with Crippen LogP contribution in [0, 0.1) is 20.8 Å². The van der Waals surface area contributed by atoms with E-state index in [0.29, 0.717) is 11.7 Å². The van der Waals surface area contributed by atoms with E-state index in [4.69, 9.17) is 0 Å². The third kappa shape index (κ3) is 3.93. The fraction of sp³-hybridized carbons (Fsp3) is 0.261. The van der Waals surface area contributed by atoms with Crippen molar-refractivity contribution in [2.24, 2.45) is 0 Å². The number of aryl methyl sites for hydroxylation is 3. The van der Waals surface area contributed by atoms with E-state index in [1.807, 2.05) is 36.1 Å². The van der Waals surface area contributed by atoms with Gasteiger partial charge in [0.05, 0.1) is 22.1 Å². The largest absolute Gasteiger partial charge is 0.311 e. The van der Waals surface area contributed by atoms with E-state index in [9.17, 15) is 4.79 Å². The van der Waals surface area contributed by atoms with Gasteiger partial charge in [0, 0.05) is 23.2 Å². The molecule has 0 unspecified atom stereocenters. The van der Waals surface area contributed by atoms with Crippen LogP contribution in [-0.2, 0) is 11.2 Å². The van der Waals surface area contributed by atoms with Crippen LogP contribution >= 0.6 is 23.1 Å². The van der Waals surface area contributed by atoms with Crippen LogP contribution in [0.15, 0.2) is 46.9 Å². The lowest BCUT2D eigenvalue weighted by Gasteiger charge is -2.17. The second kappa shape index (κ2) is 8.48. The predicted molar refractivity (Wildman–Crippen MR) is 128 cm³/mol. The molecular formula is C23H22N6OS2. The van der Waals surface area contributed by atoms with Crippen molar-refractivity contribution in [3.05, 3.63) is 63.5 Å². The minimum Gasteiger partial charge on any atom is -0.311 e. The smallest absolute Gasteiger partial charge is 0.237 e. The van der Waals surface area contributed by atoms with Crippen molar-refractivity contribution in [1.29, 1.82) is 0 Å². The van der Waals surface area contributed by atoms with Crippen LogP contribution in [0.3, 0.4) is 0 Å². The molecule has 0 N–H and O–H groups in total. The SMILES string of the molecule is Cc1nc(-c2ccc3c(c2)CCN3C(=O)CSc2nnnn2-c2ccc(C)c(C)c2)cs1. The second-order valence-corrected chi connectivity index (χ2v) is 9.83. The highest BCUT2D eigenvalue weighted by Gasteiger charge is 2.26. The fourth-order valence-corrected chi connectivity index (χ4v) is 5.20. The first-order valence-electron chi connectivity index (χ1n) is 10.3. The van der Waals surface area contributed by atoms with Crippen LogP contribution in [0.1, 0.15) is 21.7 Å². The van der Waals surface area contributed by atoms with Crippen molar-refractivity contribution in [3.63, 3.8) is 0 Å². The van der Waals surface area contributed by atoms with E-state index in [-0.39, 0.29) is 11.7 Å². The number of rotatable bonds is 5. The Labute approximate surface area is 194 Å². The average Bonchev–Trinajstić information content (AvgIpc) is 3.52. The molecular weight excluding hydrogens is 440 g/mol. The summed E-state index contributed by atoms with van der Waals surface area (Å²) in [7, 11) is 0. The van der Waals surface area contributed by atoms with Gasteiger partial charge in [0.2, 0.25) is 11.1 Å². The highest BCUT2D eigenvalue weighted by atomic mass is 32.2. The molecule has 0 saturated carbocycles. The highest BCUT2D eigenvalue weighted by molar-refractivity contribution is 7.99. The first-order valence-corrected chi connectivity index (χ1v) is 12.2. The molecule has 0 atom stereocenters. The Morgan fingerprint density at radius 1 is 1.12 bits per heavy atom. The lowest BCUT2D eigenvalue weighted by molar-refractivity contribution is -0.116. The molecule has 9 heteroatoms. The summed E-state index contributed by atoms with van der Waals surface area (Å²) in [5.74, 6) is 0.332. The summed E-state index contributed by atoms with van der Waals surface area (Å²) >= 11 is 3.01. The van der Waals surface area contributed by atoms with Crippen LogP contribution in [0.5, 0.6) is 0 Å². The molecule has 2 aromatic carbocycles. The summed E-state index contributed by atoms with van der Waals surface area (Å²) in [5.41, 5.74) is 7.55. The number of benzene rings is 2. The van der Waals surface area contributed by atoms with E-state index in [1.54, 1.807) is 16.0 Å². The van der Waals surface area contributed by atoms with Gasteiger partial charge in [0.15, 0.2) is 0 Å². The van der Waals surface area contributed by atoms with Crippen molar-refractivity contribution in [3.8, 4) is 16.9 Å². The Hall–Kier alpha value is -3.04. The van der Waals surface area contributed by atoms with Gasteiger partial charge in [-0.15, -0.1) is 16.4 Å². The molecule has 0 radical (unpaired) electrons. The van der Waals surface area contributed by atoms with Crippen LogP contribution in [0.25, 0.3) is 16.9 Å². The lowest BCUT2D eigenvalue weighted by atomic mass is 10.1. The van der Waals surface area contributed by atoms with E-state index < -0.39 is 0 Å². The number of hydrogen-bond donors (Lipinski definition) is 0. The first-order chi connectivity index (χ1) is 15.5. The molecule has 0 bridgehead atoms. The quantitative estimate of drug-likeness (QED) is 0.409. The fourth-order valence-electron chi connectivity index (χ4n) is 3.81. The molecule has 3 heterocycles. The Morgan fingerprint density at radius 3 is 2.78 bits per heavy atom. The molecule has 1 aliphatic rings. The summed E-state index contributed by atoms with van der Waals surface area (Å²) in [6.45, 7) is 6.83. The molecule has 0 aliphatic carbocycles. The van der Waals surface area contributed by atoms with Gasteiger partial charge >= 0.3 is 0 Å². The molecule has 32 heavy (non-hydrogen) atoms. The number of carbonyl (C=O) groups excluding carboxylic acids is 1. The maximum absolute atomic E-state index is 13.0. The number of thiazole rings is 1. The normalized spacial score (nSPS) is 12.9. The minimum atomic E-state index is 0.0561. The van der Waals surface area contributed by atoms with Crippen molar-refractivity contribution in [1.82, 2.24) is 25.2 Å². The van der Waals surface area contributed by atoms with Gasteiger partial charge in [0.25, 0.3) is 0 Å². The van der Waals surface area contributed by atoms with Gasteiger partial charge in [0.1, 0.15) is 0 Å². The average molecular weight is 463 g/mol. The molecule has 1 amide bonds. The number of amides is 1. The van der Waals surface area contributed by atoms with Gasteiger partial charge in [-0.1, -0.05) is 23.9 Å². The van der Waals surface area contributed by atoms with E-state index in [0.717, 1.165) is 34.1 Å². The van der Waals surface area contributed by atoms with Gasteiger partial charge in [-0.2, -0.15) is 4.68 Å². The summed E-state index contributed by atoms with van der Waals surface area (Å²) in [6.07, 6.45) is 0.850. The summed E-state index contributed by atoms with van der Waals surface area (Å²) in [5, 5.41) is 15.8. The Balaban J connectivity index is 1.30. The molecule has 5 rings (SSSR count). The number of hydrogen-bond acceptors (Lipinski definition) is 7. The maximum atomic E-state index is 13.0. The van der Waals surface area contributed by atoms with E-state index >= 15 is 0 Å². The Morgan fingerprint density at radius 2 is 2.00 bits per heavy atom. The molecule has 0 fully saturated rings. The van der Waals surface area contributed by atoms with Gasteiger partial charge in [-0.3, -0.25) is 4.79 Å². The molecule has 7 nitrogen and oxygen atoms in total. The van der Waals surface area contributed by atoms with Crippen molar-refractivity contribution in [2.45, 2.75) is 32.3 Å². The Bertz CT molecular complexity index is 1310. The van der Waals surface area contributed by atoms with Gasteiger partial charge in [-0.25, -0.2) is 4.98 Å². The Kier molecular flexibility index (Phi) is 5.52. The van der Waals surface area contributed by atoms with Crippen molar-refractivity contribution in [2.75, 3.05) is 17.2 Å². The zero-order chi connectivity index (χ0) is 22.2. The summed E-state index contributed by atoms with van der Waals surface area (Å²) in [6, 6.07) is 12.3. The third-order valence-corrected chi connectivity index (χ3v) is 7.37. The topological polar surface area (TPSA) is 76.8 Å². The summed E-state index contributed by atoms with van der Waals surface area (Å²) < 4.78 is 1.68. The van der Waals surface area contributed by atoms with Crippen LogP contribution in [0.4, 0.5) is 5.69 Å². The van der Waals surface area contributed by atoms with Crippen molar-refractivity contribution < 1.29 is 4.79 Å². The van der Waals surface area contributed by atoms with E-state index in [1.165, 1.54) is 28.5 Å². The zero-order valence-corrected chi connectivity index (χ0v) is 19.7. The molecule has 0 spiro atoms. The zero-order valence-electron chi connectivity index (χ0n) is 18.1. The number of thioether (sulfide) groups is 1. The van der Waals surface area contributed by atoms with Crippen LogP contribution < -0.4 is 4.90 Å².